The molecule has 0 bridgehead atoms. The Morgan fingerprint density at radius 3 is 2.89 bits per heavy atom. The van der Waals surface area contributed by atoms with Crippen LogP contribution >= 0.6 is 0 Å². The third kappa shape index (κ3) is 7.97. The van der Waals surface area contributed by atoms with Crippen molar-refractivity contribution >= 4 is 0 Å². The SMILES string of the molecule is CCCOCCc1cnc(CCCNCCOC)o1. The fourth-order valence-corrected chi connectivity index (χ4v) is 1.66. The highest BCUT2D eigenvalue weighted by atomic mass is 16.5. The molecule has 1 aromatic rings. The molecule has 1 N–H and O–H groups in total. The van der Waals surface area contributed by atoms with Crippen LogP contribution < -0.4 is 5.32 Å². The van der Waals surface area contributed by atoms with Gasteiger partial charge in [0.2, 0.25) is 0 Å². The number of aromatic nitrogens is 1. The molecule has 0 aliphatic carbocycles. The number of rotatable bonds is 12. The van der Waals surface area contributed by atoms with E-state index in [1.54, 1.807) is 7.11 Å². The van der Waals surface area contributed by atoms with Crippen molar-refractivity contribution < 1.29 is 13.9 Å². The number of ether oxygens (including phenoxy) is 2. The lowest BCUT2D eigenvalue weighted by Crippen LogP contribution is -2.20. The maximum Gasteiger partial charge on any atom is 0.194 e. The maximum absolute atomic E-state index is 5.65. The molecule has 0 fully saturated rings. The number of oxazole rings is 1. The summed E-state index contributed by atoms with van der Waals surface area (Å²) in [4.78, 5) is 4.27. The van der Waals surface area contributed by atoms with Crippen molar-refractivity contribution in [3.05, 3.63) is 17.8 Å². The Labute approximate surface area is 115 Å². The van der Waals surface area contributed by atoms with Gasteiger partial charge in [-0.05, 0) is 19.4 Å². The Balaban J connectivity index is 2.06. The molecule has 1 rings (SSSR count). The van der Waals surface area contributed by atoms with Gasteiger partial charge in [-0.3, -0.25) is 0 Å². The Bertz CT molecular complexity index is 315. The second-order valence-corrected chi connectivity index (χ2v) is 4.43. The Hall–Kier alpha value is -0.910. The summed E-state index contributed by atoms with van der Waals surface area (Å²) in [7, 11) is 1.71. The van der Waals surface area contributed by atoms with E-state index < -0.39 is 0 Å². The van der Waals surface area contributed by atoms with Crippen molar-refractivity contribution in [1.82, 2.24) is 10.3 Å². The fraction of sp³-hybridized carbons (Fsp3) is 0.786. The average molecular weight is 270 g/mol. The first-order valence-electron chi connectivity index (χ1n) is 7.07. The van der Waals surface area contributed by atoms with Crippen LogP contribution in [0.4, 0.5) is 0 Å². The van der Waals surface area contributed by atoms with E-state index in [1.165, 1.54) is 0 Å². The molecule has 1 heterocycles. The lowest BCUT2D eigenvalue weighted by molar-refractivity contribution is 0.134. The minimum Gasteiger partial charge on any atom is -0.446 e. The lowest BCUT2D eigenvalue weighted by atomic mass is 10.3. The third-order valence-corrected chi connectivity index (χ3v) is 2.67. The van der Waals surface area contributed by atoms with Crippen molar-refractivity contribution in [2.45, 2.75) is 32.6 Å². The van der Waals surface area contributed by atoms with E-state index in [2.05, 4.69) is 17.2 Å². The lowest BCUT2D eigenvalue weighted by Gasteiger charge is -2.02. The summed E-state index contributed by atoms with van der Waals surface area (Å²) in [5.74, 6) is 1.73. The number of methoxy groups -OCH3 is 1. The minimum absolute atomic E-state index is 0.709. The second kappa shape index (κ2) is 11.0. The van der Waals surface area contributed by atoms with E-state index in [0.717, 1.165) is 63.6 Å². The Kier molecular flexibility index (Phi) is 9.32. The van der Waals surface area contributed by atoms with E-state index in [1.807, 2.05) is 6.20 Å². The molecular weight excluding hydrogens is 244 g/mol. The molecule has 0 atom stereocenters. The molecule has 19 heavy (non-hydrogen) atoms. The van der Waals surface area contributed by atoms with Gasteiger partial charge < -0.3 is 19.2 Å². The van der Waals surface area contributed by atoms with Gasteiger partial charge in [-0.25, -0.2) is 4.98 Å². The second-order valence-electron chi connectivity index (χ2n) is 4.43. The van der Waals surface area contributed by atoms with Gasteiger partial charge in [-0.15, -0.1) is 0 Å². The first kappa shape index (κ1) is 16.1. The highest BCUT2D eigenvalue weighted by Crippen LogP contribution is 2.06. The monoisotopic (exact) mass is 270 g/mol. The number of aryl methyl sites for hydroxylation is 1. The van der Waals surface area contributed by atoms with Crippen LogP contribution in [0.2, 0.25) is 0 Å². The van der Waals surface area contributed by atoms with Gasteiger partial charge in [0, 0.05) is 33.1 Å². The summed E-state index contributed by atoms with van der Waals surface area (Å²) in [6, 6.07) is 0. The molecule has 0 amide bonds. The molecule has 0 unspecified atom stereocenters. The van der Waals surface area contributed by atoms with Crippen molar-refractivity contribution in [3.8, 4) is 0 Å². The number of nitrogens with one attached hydrogen (secondary N) is 1. The van der Waals surface area contributed by atoms with Crippen LogP contribution in [0.5, 0.6) is 0 Å². The van der Waals surface area contributed by atoms with Crippen molar-refractivity contribution in [1.29, 1.82) is 0 Å². The Morgan fingerprint density at radius 1 is 1.21 bits per heavy atom. The highest BCUT2D eigenvalue weighted by Gasteiger charge is 2.03. The molecule has 0 saturated heterocycles. The summed E-state index contributed by atoms with van der Waals surface area (Å²) in [6.07, 6.45) is 5.56. The smallest absolute Gasteiger partial charge is 0.194 e. The van der Waals surface area contributed by atoms with E-state index in [4.69, 9.17) is 13.9 Å². The number of hydrogen-bond donors (Lipinski definition) is 1. The average Bonchev–Trinajstić information content (AvgIpc) is 2.87. The maximum atomic E-state index is 5.65. The van der Waals surface area contributed by atoms with Crippen molar-refractivity contribution in [2.75, 3.05) is 40.0 Å². The number of nitrogens with zero attached hydrogens (tertiary/aromatic N) is 1. The largest absolute Gasteiger partial charge is 0.446 e. The summed E-state index contributed by atoms with van der Waals surface area (Å²) < 4.78 is 16.0. The topological polar surface area (TPSA) is 56.5 Å². The van der Waals surface area contributed by atoms with Crippen LogP contribution in [-0.2, 0) is 22.3 Å². The van der Waals surface area contributed by atoms with Gasteiger partial charge in [-0.1, -0.05) is 6.92 Å². The molecule has 0 radical (unpaired) electrons. The standard InChI is InChI=1S/C14H26N2O3/c1-3-9-18-10-6-13-12-16-14(19-13)5-4-7-15-8-11-17-2/h12,15H,3-11H2,1-2H3. The predicted molar refractivity (Wildman–Crippen MR) is 74.4 cm³/mol. The molecule has 0 saturated carbocycles. The van der Waals surface area contributed by atoms with Crippen molar-refractivity contribution in [2.24, 2.45) is 0 Å². The van der Waals surface area contributed by atoms with Gasteiger partial charge >= 0.3 is 0 Å². The molecule has 0 aromatic carbocycles. The molecule has 5 nitrogen and oxygen atoms in total. The first-order valence-corrected chi connectivity index (χ1v) is 7.07. The fourth-order valence-electron chi connectivity index (χ4n) is 1.66. The van der Waals surface area contributed by atoms with Crippen LogP contribution in [0.3, 0.4) is 0 Å². The summed E-state index contributed by atoms with van der Waals surface area (Å²) in [6.45, 7) is 6.23. The molecule has 5 heteroatoms. The van der Waals surface area contributed by atoms with E-state index in [9.17, 15) is 0 Å². The summed E-state index contributed by atoms with van der Waals surface area (Å²) >= 11 is 0. The Morgan fingerprint density at radius 2 is 2.11 bits per heavy atom. The summed E-state index contributed by atoms with van der Waals surface area (Å²) in [5, 5.41) is 3.30. The van der Waals surface area contributed by atoms with Gasteiger partial charge in [-0.2, -0.15) is 0 Å². The highest BCUT2D eigenvalue weighted by molar-refractivity contribution is 4.94. The molecular formula is C14H26N2O3. The van der Waals surface area contributed by atoms with Gasteiger partial charge in [0.05, 0.1) is 19.4 Å². The van der Waals surface area contributed by atoms with Crippen LogP contribution in [-0.4, -0.2) is 45.0 Å². The minimum atomic E-state index is 0.709. The van der Waals surface area contributed by atoms with Crippen LogP contribution in [0.25, 0.3) is 0 Å². The molecule has 0 spiro atoms. The van der Waals surface area contributed by atoms with E-state index >= 15 is 0 Å². The van der Waals surface area contributed by atoms with Crippen molar-refractivity contribution in [3.63, 3.8) is 0 Å². The van der Waals surface area contributed by atoms with E-state index in [-0.39, 0.29) is 0 Å². The van der Waals surface area contributed by atoms with Crippen LogP contribution in [0.15, 0.2) is 10.6 Å². The molecule has 110 valence electrons. The van der Waals surface area contributed by atoms with Gasteiger partial charge in [0.15, 0.2) is 5.89 Å². The first-order chi connectivity index (χ1) is 9.36. The zero-order valence-corrected chi connectivity index (χ0v) is 12.1. The van der Waals surface area contributed by atoms with E-state index in [0.29, 0.717) is 6.61 Å². The summed E-state index contributed by atoms with van der Waals surface area (Å²) in [5.41, 5.74) is 0. The van der Waals surface area contributed by atoms with Crippen LogP contribution in [0, 0.1) is 0 Å². The van der Waals surface area contributed by atoms with Gasteiger partial charge in [0.25, 0.3) is 0 Å². The quantitative estimate of drug-likeness (QED) is 0.587. The molecule has 0 aliphatic rings. The number of hydrogen-bond acceptors (Lipinski definition) is 5. The normalized spacial score (nSPS) is 11.1. The third-order valence-electron chi connectivity index (χ3n) is 2.67. The van der Waals surface area contributed by atoms with Crippen LogP contribution in [0.1, 0.15) is 31.4 Å². The molecule has 0 aliphatic heterocycles. The van der Waals surface area contributed by atoms with Gasteiger partial charge in [0.1, 0.15) is 5.76 Å². The molecule has 1 aromatic heterocycles. The zero-order chi connectivity index (χ0) is 13.8. The predicted octanol–water partition coefficient (Wildman–Crippen LogP) is 1.81. The zero-order valence-electron chi connectivity index (χ0n) is 12.1.